The standard InChI is InChI=1S/C9H16N2O2/c1-7(5-10)6-11-9(13)4-3-8(2)12/h7-8,12H,3-4,6H2,1-2H3,(H,11,13). The molecule has 74 valence electrons. The van der Waals surface area contributed by atoms with E-state index in [0.29, 0.717) is 19.4 Å². The van der Waals surface area contributed by atoms with Crippen LogP contribution in [0.1, 0.15) is 26.7 Å². The van der Waals surface area contributed by atoms with Gasteiger partial charge in [0.25, 0.3) is 0 Å². The van der Waals surface area contributed by atoms with Crippen LogP contribution in [-0.4, -0.2) is 23.7 Å². The number of rotatable bonds is 5. The number of nitrogens with zero attached hydrogens (tertiary/aromatic N) is 1. The zero-order valence-corrected chi connectivity index (χ0v) is 8.08. The highest BCUT2D eigenvalue weighted by molar-refractivity contribution is 5.75. The van der Waals surface area contributed by atoms with Gasteiger partial charge < -0.3 is 10.4 Å². The predicted octanol–water partition coefficient (Wildman–Crippen LogP) is 0.423. The number of nitrogens with one attached hydrogen (secondary N) is 1. The van der Waals surface area contributed by atoms with Crippen molar-refractivity contribution in [1.82, 2.24) is 5.32 Å². The minimum absolute atomic E-state index is 0.108. The van der Waals surface area contributed by atoms with E-state index in [2.05, 4.69) is 5.32 Å². The van der Waals surface area contributed by atoms with Crippen molar-refractivity contribution in [3.8, 4) is 6.07 Å². The maximum absolute atomic E-state index is 11.0. The van der Waals surface area contributed by atoms with Gasteiger partial charge in [-0.2, -0.15) is 5.26 Å². The van der Waals surface area contributed by atoms with E-state index >= 15 is 0 Å². The summed E-state index contributed by atoms with van der Waals surface area (Å²) in [6.45, 7) is 3.77. The lowest BCUT2D eigenvalue weighted by Crippen LogP contribution is -2.28. The van der Waals surface area contributed by atoms with E-state index in [-0.39, 0.29) is 11.8 Å². The Balaban J connectivity index is 3.47. The molecule has 0 aromatic carbocycles. The van der Waals surface area contributed by atoms with Crippen molar-refractivity contribution in [3.63, 3.8) is 0 Å². The van der Waals surface area contributed by atoms with Crippen LogP contribution in [0, 0.1) is 17.2 Å². The summed E-state index contributed by atoms with van der Waals surface area (Å²) in [4.78, 5) is 11.0. The van der Waals surface area contributed by atoms with Crippen LogP contribution in [0.15, 0.2) is 0 Å². The number of aliphatic hydroxyl groups excluding tert-OH is 1. The van der Waals surface area contributed by atoms with Crippen molar-refractivity contribution in [2.24, 2.45) is 5.92 Å². The first-order chi connectivity index (χ1) is 6.06. The topological polar surface area (TPSA) is 73.1 Å². The molecule has 0 saturated heterocycles. The second kappa shape index (κ2) is 6.44. The van der Waals surface area contributed by atoms with Gasteiger partial charge in [0.1, 0.15) is 0 Å². The van der Waals surface area contributed by atoms with E-state index in [0.717, 1.165) is 0 Å². The fourth-order valence-corrected chi connectivity index (χ4v) is 0.741. The van der Waals surface area contributed by atoms with Gasteiger partial charge in [-0.1, -0.05) is 0 Å². The summed E-state index contributed by atoms with van der Waals surface area (Å²) in [5.41, 5.74) is 0. The molecule has 0 fully saturated rings. The minimum Gasteiger partial charge on any atom is -0.393 e. The Morgan fingerprint density at radius 2 is 2.23 bits per heavy atom. The Morgan fingerprint density at radius 3 is 2.69 bits per heavy atom. The highest BCUT2D eigenvalue weighted by atomic mass is 16.3. The zero-order valence-electron chi connectivity index (χ0n) is 8.08. The normalized spacial score (nSPS) is 14.3. The second-order valence-electron chi connectivity index (χ2n) is 3.22. The molecule has 0 aliphatic carbocycles. The summed E-state index contributed by atoms with van der Waals surface area (Å²) in [6.07, 6.45) is 0.335. The Hall–Kier alpha value is -1.08. The molecule has 13 heavy (non-hydrogen) atoms. The van der Waals surface area contributed by atoms with Gasteiger partial charge in [0.05, 0.1) is 18.1 Å². The van der Waals surface area contributed by atoms with Crippen molar-refractivity contribution in [2.75, 3.05) is 6.54 Å². The third-order valence-corrected chi connectivity index (χ3v) is 1.61. The molecule has 0 aromatic heterocycles. The number of carbonyl (C=O) groups is 1. The lowest BCUT2D eigenvalue weighted by Gasteiger charge is -2.06. The van der Waals surface area contributed by atoms with Crippen LogP contribution >= 0.6 is 0 Å². The molecule has 0 spiro atoms. The summed E-state index contributed by atoms with van der Waals surface area (Å²) in [7, 11) is 0. The average molecular weight is 184 g/mol. The monoisotopic (exact) mass is 184 g/mol. The van der Waals surface area contributed by atoms with E-state index in [9.17, 15) is 4.79 Å². The van der Waals surface area contributed by atoms with Crippen LogP contribution in [0.4, 0.5) is 0 Å². The fraction of sp³-hybridized carbons (Fsp3) is 0.778. The first kappa shape index (κ1) is 11.9. The molecule has 0 heterocycles. The molecule has 0 aliphatic rings. The van der Waals surface area contributed by atoms with E-state index in [1.165, 1.54) is 0 Å². The smallest absolute Gasteiger partial charge is 0.220 e. The third-order valence-electron chi connectivity index (χ3n) is 1.61. The summed E-state index contributed by atoms with van der Waals surface area (Å²) in [6, 6.07) is 2.02. The number of amides is 1. The van der Waals surface area contributed by atoms with Crippen LogP contribution in [0.3, 0.4) is 0 Å². The minimum atomic E-state index is -0.445. The Bertz CT molecular complexity index is 196. The molecule has 0 radical (unpaired) electrons. The van der Waals surface area contributed by atoms with Gasteiger partial charge in [-0.25, -0.2) is 0 Å². The number of hydrogen-bond donors (Lipinski definition) is 2. The van der Waals surface area contributed by atoms with Gasteiger partial charge in [-0.05, 0) is 20.3 Å². The summed E-state index contributed by atoms with van der Waals surface area (Å²) >= 11 is 0. The number of hydrogen-bond acceptors (Lipinski definition) is 3. The van der Waals surface area contributed by atoms with E-state index in [4.69, 9.17) is 10.4 Å². The molecule has 0 rings (SSSR count). The van der Waals surface area contributed by atoms with Gasteiger partial charge in [0, 0.05) is 13.0 Å². The van der Waals surface area contributed by atoms with Crippen LogP contribution in [0.25, 0.3) is 0 Å². The Labute approximate surface area is 78.6 Å². The maximum atomic E-state index is 11.0. The van der Waals surface area contributed by atoms with E-state index in [1.54, 1.807) is 13.8 Å². The van der Waals surface area contributed by atoms with Crippen molar-refractivity contribution >= 4 is 5.91 Å². The van der Waals surface area contributed by atoms with Crippen molar-refractivity contribution in [3.05, 3.63) is 0 Å². The van der Waals surface area contributed by atoms with Crippen molar-refractivity contribution in [2.45, 2.75) is 32.8 Å². The van der Waals surface area contributed by atoms with Gasteiger partial charge in [0.2, 0.25) is 5.91 Å². The molecule has 0 aromatic rings. The number of carbonyl (C=O) groups excluding carboxylic acids is 1. The number of aliphatic hydroxyl groups is 1. The molecule has 2 atom stereocenters. The van der Waals surface area contributed by atoms with E-state index in [1.807, 2.05) is 6.07 Å². The largest absolute Gasteiger partial charge is 0.393 e. The van der Waals surface area contributed by atoms with Crippen LogP contribution in [0.5, 0.6) is 0 Å². The number of nitriles is 1. The summed E-state index contributed by atoms with van der Waals surface area (Å²) < 4.78 is 0. The Kier molecular flexibility index (Phi) is 5.90. The van der Waals surface area contributed by atoms with Crippen LogP contribution < -0.4 is 5.32 Å². The molecule has 0 saturated carbocycles. The summed E-state index contributed by atoms with van der Waals surface area (Å²) in [5.74, 6) is -0.265. The average Bonchev–Trinajstić information content (AvgIpc) is 2.10. The van der Waals surface area contributed by atoms with Crippen LogP contribution in [0.2, 0.25) is 0 Å². The third kappa shape index (κ3) is 7.29. The zero-order chi connectivity index (χ0) is 10.3. The van der Waals surface area contributed by atoms with Gasteiger partial charge in [-0.3, -0.25) is 4.79 Å². The van der Waals surface area contributed by atoms with Gasteiger partial charge in [-0.15, -0.1) is 0 Å². The molecule has 2 unspecified atom stereocenters. The first-order valence-corrected chi connectivity index (χ1v) is 4.40. The lowest BCUT2D eigenvalue weighted by atomic mass is 10.2. The van der Waals surface area contributed by atoms with E-state index < -0.39 is 6.10 Å². The summed E-state index contributed by atoms with van der Waals surface area (Å²) in [5, 5.41) is 19.9. The highest BCUT2D eigenvalue weighted by Crippen LogP contribution is 1.95. The van der Waals surface area contributed by atoms with Gasteiger partial charge >= 0.3 is 0 Å². The Morgan fingerprint density at radius 1 is 1.62 bits per heavy atom. The van der Waals surface area contributed by atoms with Crippen molar-refractivity contribution < 1.29 is 9.90 Å². The molecular formula is C9H16N2O2. The molecule has 0 aliphatic heterocycles. The fourth-order valence-electron chi connectivity index (χ4n) is 0.741. The van der Waals surface area contributed by atoms with Crippen LogP contribution in [-0.2, 0) is 4.79 Å². The molecule has 0 bridgehead atoms. The molecule has 4 heteroatoms. The quantitative estimate of drug-likeness (QED) is 0.650. The maximum Gasteiger partial charge on any atom is 0.220 e. The molecule has 2 N–H and O–H groups in total. The molecular weight excluding hydrogens is 168 g/mol. The first-order valence-electron chi connectivity index (χ1n) is 4.40. The van der Waals surface area contributed by atoms with Gasteiger partial charge in [0.15, 0.2) is 0 Å². The SMILES string of the molecule is CC(O)CCC(=O)NCC(C)C#N. The molecule has 4 nitrogen and oxygen atoms in total. The lowest BCUT2D eigenvalue weighted by molar-refractivity contribution is -0.121. The second-order valence-corrected chi connectivity index (χ2v) is 3.22. The van der Waals surface area contributed by atoms with Crippen molar-refractivity contribution in [1.29, 1.82) is 5.26 Å². The highest BCUT2D eigenvalue weighted by Gasteiger charge is 2.05. The molecule has 1 amide bonds. The predicted molar refractivity (Wildman–Crippen MR) is 48.7 cm³/mol.